The second-order valence-electron chi connectivity index (χ2n) is 3.38. The van der Waals surface area contributed by atoms with E-state index in [-0.39, 0.29) is 0 Å². The Bertz CT molecular complexity index is 367. The second-order valence-corrected chi connectivity index (χ2v) is 3.38. The Balaban J connectivity index is 2.63. The predicted molar refractivity (Wildman–Crippen MR) is 48.3 cm³/mol. The maximum atomic E-state index is 13.3. The number of halogens is 2. The van der Waals surface area contributed by atoms with Gasteiger partial charge in [0.05, 0.1) is 0 Å². The summed E-state index contributed by atoms with van der Waals surface area (Å²) in [5.41, 5.74) is 2.08. The first kappa shape index (κ1) is 8.42. The van der Waals surface area contributed by atoms with Crippen molar-refractivity contribution in [3.8, 4) is 0 Å². The molecule has 0 radical (unpaired) electrons. The zero-order chi connectivity index (χ0) is 9.42. The number of hydrogen-bond acceptors (Lipinski definition) is 0. The summed E-state index contributed by atoms with van der Waals surface area (Å²) in [5.74, 6) is -0.967. The van der Waals surface area contributed by atoms with E-state index in [1.807, 2.05) is 0 Å². The van der Waals surface area contributed by atoms with Crippen molar-refractivity contribution >= 4 is 5.57 Å². The molecule has 0 aliphatic heterocycles. The van der Waals surface area contributed by atoms with E-state index in [1.54, 1.807) is 0 Å². The zero-order valence-corrected chi connectivity index (χ0v) is 7.24. The van der Waals surface area contributed by atoms with Crippen molar-refractivity contribution in [3.05, 3.63) is 41.5 Å². The molecule has 0 atom stereocenters. The van der Waals surface area contributed by atoms with E-state index in [9.17, 15) is 8.78 Å². The highest BCUT2D eigenvalue weighted by molar-refractivity contribution is 5.68. The maximum absolute atomic E-state index is 13.3. The van der Waals surface area contributed by atoms with E-state index in [4.69, 9.17) is 0 Å². The number of allylic oxidation sites excluding steroid dienone is 1. The molecule has 1 aromatic rings. The van der Waals surface area contributed by atoms with E-state index in [0.29, 0.717) is 5.56 Å². The van der Waals surface area contributed by atoms with Crippen molar-refractivity contribution in [2.24, 2.45) is 0 Å². The summed E-state index contributed by atoms with van der Waals surface area (Å²) in [6.45, 7) is 3.78. The lowest BCUT2D eigenvalue weighted by Crippen LogP contribution is -2.04. The van der Waals surface area contributed by atoms with Gasteiger partial charge in [0, 0.05) is 11.6 Å². The van der Waals surface area contributed by atoms with Gasteiger partial charge in [0.2, 0.25) is 0 Å². The van der Waals surface area contributed by atoms with Crippen LogP contribution < -0.4 is 0 Å². The first-order chi connectivity index (χ1) is 6.18. The Kier molecular flexibility index (Phi) is 1.91. The first-order valence-electron chi connectivity index (χ1n) is 4.34. The van der Waals surface area contributed by atoms with Crippen molar-refractivity contribution in [2.75, 3.05) is 0 Å². The quantitative estimate of drug-likeness (QED) is 0.574. The molecule has 0 aromatic heterocycles. The van der Waals surface area contributed by atoms with Crippen LogP contribution in [0.4, 0.5) is 8.78 Å². The van der Waals surface area contributed by atoms with E-state index < -0.39 is 11.6 Å². The van der Waals surface area contributed by atoms with Gasteiger partial charge >= 0.3 is 0 Å². The van der Waals surface area contributed by atoms with E-state index in [2.05, 4.69) is 6.58 Å². The van der Waals surface area contributed by atoms with Crippen LogP contribution in [0.2, 0.25) is 0 Å². The van der Waals surface area contributed by atoms with Gasteiger partial charge in [-0.05, 0) is 36.5 Å². The summed E-state index contributed by atoms with van der Waals surface area (Å²) >= 11 is 0. The van der Waals surface area contributed by atoms with Gasteiger partial charge in [0.1, 0.15) is 11.6 Å². The van der Waals surface area contributed by atoms with Gasteiger partial charge < -0.3 is 0 Å². The highest BCUT2D eigenvalue weighted by Crippen LogP contribution is 2.31. The smallest absolute Gasteiger partial charge is 0.133 e. The molecule has 0 N–H and O–H groups in total. The van der Waals surface area contributed by atoms with Crippen LogP contribution in [0.1, 0.15) is 24.0 Å². The van der Waals surface area contributed by atoms with Gasteiger partial charge in [0.15, 0.2) is 0 Å². The number of aryl methyl sites for hydroxylation is 1. The molecule has 0 amide bonds. The molecule has 0 fully saturated rings. The highest BCUT2D eigenvalue weighted by atomic mass is 19.1. The van der Waals surface area contributed by atoms with Crippen molar-refractivity contribution in [1.82, 2.24) is 0 Å². The van der Waals surface area contributed by atoms with E-state index >= 15 is 0 Å². The average Bonchev–Trinajstić information content (AvgIpc) is 2.02. The molecule has 0 heterocycles. The van der Waals surface area contributed by atoms with Crippen molar-refractivity contribution < 1.29 is 8.78 Å². The van der Waals surface area contributed by atoms with E-state index in [0.717, 1.165) is 36.5 Å². The molecule has 2 rings (SSSR count). The minimum Gasteiger partial charge on any atom is -0.207 e. The third-order valence-corrected chi connectivity index (χ3v) is 2.41. The SMILES string of the molecule is C=C1CCCc2cc(F)cc(F)c21. The largest absolute Gasteiger partial charge is 0.207 e. The van der Waals surface area contributed by atoms with Crippen LogP contribution in [0.25, 0.3) is 5.57 Å². The molecular weight excluding hydrogens is 170 g/mol. The molecule has 0 saturated heterocycles. The molecular formula is C11H10F2. The fraction of sp³-hybridized carbons (Fsp3) is 0.273. The number of fused-ring (bicyclic) bond motifs is 1. The van der Waals surface area contributed by atoms with Crippen molar-refractivity contribution in [2.45, 2.75) is 19.3 Å². The molecule has 0 bridgehead atoms. The van der Waals surface area contributed by atoms with Crippen LogP contribution in [0, 0.1) is 11.6 Å². The lowest BCUT2D eigenvalue weighted by molar-refractivity contribution is 0.572. The van der Waals surface area contributed by atoms with Crippen LogP contribution >= 0.6 is 0 Å². The lowest BCUT2D eigenvalue weighted by Gasteiger charge is -2.18. The number of hydrogen-bond donors (Lipinski definition) is 0. The molecule has 1 aliphatic carbocycles. The Labute approximate surface area is 75.9 Å². The van der Waals surface area contributed by atoms with E-state index in [1.165, 1.54) is 6.07 Å². The minimum atomic E-state index is -0.494. The number of rotatable bonds is 0. The number of benzene rings is 1. The predicted octanol–water partition coefficient (Wildman–Crippen LogP) is 3.31. The van der Waals surface area contributed by atoms with Gasteiger partial charge in [0.25, 0.3) is 0 Å². The molecule has 0 nitrogen and oxygen atoms in total. The summed E-state index contributed by atoms with van der Waals surface area (Å²) in [6, 6.07) is 2.33. The van der Waals surface area contributed by atoms with Gasteiger partial charge in [-0.2, -0.15) is 0 Å². The monoisotopic (exact) mass is 180 g/mol. The van der Waals surface area contributed by atoms with Gasteiger partial charge in [-0.15, -0.1) is 0 Å². The van der Waals surface area contributed by atoms with Gasteiger partial charge in [-0.3, -0.25) is 0 Å². The minimum absolute atomic E-state index is 0.472. The lowest BCUT2D eigenvalue weighted by atomic mass is 9.88. The zero-order valence-electron chi connectivity index (χ0n) is 7.24. The fourth-order valence-corrected chi connectivity index (χ4v) is 1.84. The Morgan fingerprint density at radius 3 is 2.69 bits per heavy atom. The molecule has 68 valence electrons. The first-order valence-corrected chi connectivity index (χ1v) is 4.34. The summed E-state index contributed by atoms with van der Waals surface area (Å²) < 4.78 is 26.1. The van der Waals surface area contributed by atoms with Crippen molar-refractivity contribution in [1.29, 1.82) is 0 Å². The molecule has 1 aromatic carbocycles. The molecule has 2 heteroatoms. The average molecular weight is 180 g/mol. The Hall–Kier alpha value is -1.18. The third-order valence-electron chi connectivity index (χ3n) is 2.41. The molecule has 0 spiro atoms. The molecule has 0 unspecified atom stereocenters. The van der Waals surface area contributed by atoms with Gasteiger partial charge in [-0.25, -0.2) is 8.78 Å². The maximum Gasteiger partial charge on any atom is 0.133 e. The van der Waals surface area contributed by atoms with Crippen LogP contribution in [0.3, 0.4) is 0 Å². The van der Waals surface area contributed by atoms with Crippen LogP contribution in [-0.4, -0.2) is 0 Å². The topological polar surface area (TPSA) is 0 Å². The van der Waals surface area contributed by atoms with Crippen molar-refractivity contribution in [3.63, 3.8) is 0 Å². The van der Waals surface area contributed by atoms with Crippen LogP contribution in [0.15, 0.2) is 18.7 Å². The van der Waals surface area contributed by atoms with Crippen LogP contribution in [-0.2, 0) is 6.42 Å². The summed E-state index contributed by atoms with van der Waals surface area (Å²) in [5, 5.41) is 0. The summed E-state index contributed by atoms with van der Waals surface area (Å²) in [6.07, 6.45) is 2.51. The Morgan fingerprint density at radius 1 is 1.15 bits per heavy atom. The summed E-state index contributed by atoms with van der Waals surface area (Å²) in [7, 11) is 0. The summed E-state index contributed by atoms with van der Waals surface area (Å²) in [4.78, 5) is 0. The Morgan fingerprint density at radius 2 is 1.92 bits per heavy atom. The molecule has 13 heavy (non-hydrogen) atoms. The normalized spacial score (nSPS) is 15.7. The van der Waals surface area contributed by atoms with Gasteiger partial charge in [-0.1, -0.05) is 6.58 Å². The van der Waals surface area contributed by atoms with Crippen LogP contribution in [0.5, 0.6) is 0 Å². The standard InChI is InChI=1S/C11H10F2/c1-7-3-2-4-8-5-9(12)6-10(13)11(7)8/h5-6H,1-4H2. The third kappa shape index (κ3) is 1.37. The highest BCUT2D eigenvalue weighted by Gasteiger charge is 2.17. The second kappa shape index (κ2) is 2.95. The molecule has 0 saturated carbocycles. The molecule has 1 aliphatic rings. The fourth-order valence-electron chi connectivity index (χ4n) is 1.84.